The second-order valence-corrected chi connectivity index (χ2v) is 4.52. The standard InChI is InChI=1S/C14H15FN2/c1-2-3-10-4-5-11(13(15)8-10)12-6-7-14(12,17)9-16/h2-5,8,12H,6-7,17H2,1H3. The summed E-state index contributed by atoms with van der Waals surface area (Å²) in [6.45, 7) is 1.89. The van der Waals surface area contributed by atoms with E-state index in [0.29, 0.717) is 12.0 Å². The summed E-state index contributed by atoms with van der Waals surface area (Å²) in [5.74, 6) is -0.442. The number of hydrogen-bond donors (Lipinski definition) is 1. The van der Waals surface area contributed by atoms with Crippen molar-refractivity contribution in [3.8, 4) is 6.07 Å². The Morgan fingerprint density at radius 2 is 2.35 bits per heavy atom. The lowest BCUT2D eigenvalue weighted by atomic mass is 9.65. The summed E-state index contributed by atoms with van der Waals surface area (Å²) in [5.41, 5.74) is 6.41. The van der Waals surface area contributed by atoms with E-state index in [1.807, 2.05) is 25.1 Å². The molecule has 2 atom stereocenters. The Balaban J connectivity index is 2.32. The first kappa shape index (κ1) is 11.8. The highest BCUT2D eigenvalue weighted by molar-refractivity contribution is 5.50. The zero-order chi connectivity index (χ0) is 12.5. The van der Waals surface area contributed by atoms with Crippen LogP contribution in [0.3, 0.4) is 0 Å². The van der Waals surface area contributed by atoms with Crippen molar-refractivity contribution in [2.24, 2.45) is 5.73 Å². The molecule has 0 radical (unpaired) electrons. The van der Waals surface area contributed by atoms with Gasteiger partial charge in [0.05, 0.1) is 6.07 Å². The Labute approximate surface area is 101 Å². The molecule has 3 heteroatoms. The molecule has 1 fully saturated rings. The van der Waals surface area contributed by atoms with E-state index in [1.54, 1.807) is 6.07 Å². The Kier molecular flexibility index (Phi) is 2.99. The van der Waals surface area contributed by atoms with Crippen molar-refractivity contribution in [2.45, 2.75) is 31.2 Å². The fourth-order valence-electron chi connectivity index (χ4n) is 2.29. The predicted molar refractivity (Wildman–Crippen MR) is 65.6 cm³/mol. The third-order valence-electron chi connectivity index (χ3n) is 3.44. The lowest BCUT2D eigenvalue weighted by Gasteiger charge is -2.41. The largest absolute Gasteiger partial charge is 0.313 e. The van der Waals surface area contributed by atoms with Gasteiger partial charge < -0.3 is 5.73 Å². The lowest BCUT2D eigenvalue weighted by Crippen LogP contribution is -2.52. The van der Waals surface area contributed by atoms with Crippen LogP contribution in [0.25, 0.3) is 6.08 Å². The number of halogens is 1. The summed E-state index contributed by atoms with van der Waals surface area (Å²) in [6, 6.07) is 7.18. The zero-order valence-corrected chi connectivity index (χ0v) is 9.78. The van der Waals surface area contributed by atoms with Crippen molar-refractivity contribution in [3.05, 3.63) is 41.2 Å². The van der Waals surface area contributed by atoms with Crippen LogP contribution in [0.15, 0.2) is 24.3 Å². The average Bonchev–Trinajstić information content (AvgIpc) is 2.30. The lowest BCUT2D eigenvalue weighted by molar-refractivity contribution is 0.259. The van der Waals surface area contributed by atoms with E-state index in [-0.39, 0.29) is 11.7 Å². The molecule has 1 aromatic carbocycles. The summed E-state index contributed by atoms with van der Waals surface area (Å²) in [7, 11) is 0. The normalized spacial score (nSPS) is 27.8. The van der Waals surface area contributed by atoms with Crippen LogP contribution in [0, 0.1) is 17.1 Å². The minimum atomic E-state index is -0.886. The van der Waals surface area contributed by atoms with Gasteiger partial charge >= 0.3 is 0 Å². The van der Waals surface area contributed by atoms with Crippen molar-refractivity contribution < 1.29 is 4.39 Å². The third-order valence-corrected chi connectivity index (χ3v) is 3.44. The van der Waals surface area contributed by atoms with Crippen LogP contribution in [0.5, 0.6) is 0 Å². The van der Waals surface area contributed by atoms with Crippen molar-refractivity contribution in [3.63, 3.8) is 0 Å². The van der Waals surface area contributed by atoms with Crippen LogP contribution in [0.4, 0.5) is 4.39 Å². The SMILES string of the molecule is CC=Cc1ccc(C2CCC2(N)C#N)c(F)c1. The second-order valence-electron chi connectivity index (χ2n) is 4.52. The first-order chi connectivity index (χ1) is 8.10. The van der Waals surface area contributed by atoms with Gasteiger partial charge in [-0.25, -0.2) is 4.39 Å². The highest BCUT2D eigenvalue weighted by atomic mass is 19.1. The molecule has 2 nitrogen and oxygen atoms in total. The fourth-order valence-corrected chi connectivity index (χ4v) is 2.29. The molecular formula is C14H15FN2. The average molecular weight is 230 g/mol. The van der Waals surface area contributed by atoms with Crippen molar-refractivity contribution in [2.75, 3.05) is 0 Å². The molecule has 0 amide bonds. The summed E-state index contributed by atoms with van der Waals surface area (Å²) in [4.78, 5) is 0. The van der Waals surface area contributed by atoms with Crippen molar-refractivity contribution in [1.82, 2.24) is 0 Å². The van der Waals surface area contributed by atoms with Gasteiger partial charge in [0.15, 0.2) is 0 Å². The Morgan fingerprint density at radius 1 is 1.59 bits per heavy atom. The Morgan fingerprint density at radius 3 is 2.82 bits per heavy atom. The van der Waals surface area contributed by atoms with Crippen molar-refractivity contribution >= 4 is 6.08 Å². The number of benzene rings is 1. The monoisotopic (exact) mass is 230 g/mol. The molecule has 1 aliphatic rings. The summed E-state index contributed by atoms with van der Waals surface area (Å²) in [6.07, 6.45) is 5.13. The van der Waals surface area contributed by atoms with Crippen molar-refractivity contribution in [1.29, 1.82) is 5.26 Å². The highest BCUT2D eigenvalue weighted by Crippen LogP contribution is 2.44. The molecule has 17 heavy (non-hydrogen) atoms. The molecule has 88 valence electrons. The molecular weight excluding hydrogens is 215 g/mol. The minimum Gasteiger partial charge on any atom is -0.313 e. The van der Waals surface area contributed by atoms with Crippen LogP contribution >= 0.6 is 0 Å². The van der Waals surface area contributed by atoms with Crippen LogP contribution in [0.2, 0.25) is 0 Å². The zero-order valence-electron chi connectivity index (χ0n) is 9.78. The van der Waals surface area contributed by atoms with E-state index in [0.717, 1.165) is 12.0 Å². The van der Waals surface area contributed by atoms with Gasteiger partial charge in [0.1, 0.15) is 11.4 Å². The van der Waals surface area contributed by atoms with Crippen LogP contribution in [-0.2, 0) is 0 Å². The van der Waals surface area contributed by atoms with Gasteiger partial charge in [-0.15, -0.1) is 0 Å². The molecule has 2 N–H and O–H groups in total. The molecule has 0 spiro atoms. The van der Waals surface area contributed by atoms with E-state index >= 15 is 0 Å². The number of allylic oxidation sites excluding steroid dienone is 1. The number of rotatable bonds is 2. The molecule has 1 aromatic rings. The van der Waals surface area contributed by atoms with Crippen LogP contribution in [0.1, 0.15) is 36.8 Å². The predicted octanol–water partition coefficient (Wildman–Crippen LogP) is 2.96. The van der Waals surface area contributed by atoms with Gasteiger partial charge in [-0.2, -0.15) is 5.26 Å². The maximum atomic E-state index is 13.9. The highest BCUT2D eigenvalue weighted by Gasteiger charge is 2.45. The summed E-state index contributed by atoms with van der Waals surface area (Å²) < 4.78 is 13.9. The molecule has 0 heterocycles. The molecule has 2 rings (SSSR count). The maximum Gasteiger partial charge on any atom is 0.127 e. The number of nitrogens with two attached hydrogens (primary N) is 1. The quantitative estimate of drug-likeness (QED) is 0.849. The number of hydrogen-bond acceptors (Lipinski definition) is 2. The summed E-state index contributed by atoms with van der Waals surface area (Å²) >= 11 is 0. The topological polar surface area (TPSA) is 49.8 Å². The second kappa shape index (κ2) is 4.31. The van der Waals surface area contributed by atoms with E-state index in [4.69, 9.17) is 11.0 Å². The molecule has 0 bridgehead atoms. The molecule has 0 aliphatic heterocycles. The first-order valence-electron chi connectivity index (χ1n) is 5.73. The molecule has 0 saturated heterocycles. The fraction of sp³-hybridized carbons (Fsp3) is 0.357. The van der Waals surface area contributed by atoms with Crippen LogP contribution < -0.4 is 5.73 Å². The molecule has 2 unspecified atom stereocenters. The van der Waals surface area contributed by atoms with Gasteiger partial charge in [0.25, 0.3) is 0 Å². The van der Waals surface area contributed by atoms with Crippen LogP contribution in [-0.4, -0.2) is 5.54 Å². The third kappa shape index (κ3) is 1.96. The smallest absolute Gasteiger partial charge is 0.127 e. The molecule has 1 saturated carbocycles. The van der Waals surface area contributed by atoms with E-state index in [9.17, 15) is 4.39 Å². The maximum absolute atomic E-state index is 13.9. The molecule has 0 aromatic heterocycles. The molecule has 1 aliphatic carbocycles. The Hall–Kier alpha value is -1.66. The summed E-state index contributed by atoms with van der Waals surface area (Å²) in [5, 5.41) is 9.00. The van der Waals surface area contributed by atoms with Gasteiger partial charge in [-0.05, 0) is 37.0 Å². The van der Waals surface area contributed by atoms with E-state index in [2.05, 4.69) is 6.07 Å². The number of nitriles is 1. The van der Waals surface area contributed by atoms with Gasteiger partial charge in [-0.1, -0.05) is 24.3 Å². The number of nitrogens with zero attached hydrogens (tertiary/aromatic N) is 1. The minimum absolute atomic E-state index is 0.174. The van der Waals surface area contributed by atoms with Gasteiger partial charge in [0.2, 0.25) is 0 Å². The van der Waals surface area contributed by atoms with Gasteiger partial charge in [-0.3, -0.25) is 0 Å². The van der Waals surface area contributed by atoms with Gasteiger partial charge in [0, 0.05) is 5.92 Å². The van der Waals surface area contributed by atoms with E-state index < -0.39 is 5.54 Å². The first-order valence-corrected chi connectivity index (χ1v) is 5.73. The Bertz CT molecular complexity index is 501. The van der Waals surface area contributed by atoms with E-state index in [1.165, 1.54) is 6.07 Å².